The number of aliphatic imine (C=N–C) groups is 1. The van der Waals surface area contributed by atoms with Crippen LogP contribution in [0.25, 0.3) is 0 Å². The molecule has 2 aliphatic heterocycles. The zero-order valence-electron chi connectivity index (χ0n) is 27.3. The molecular weight excluding hydrogens is 612 g/mol. The molecular formula is C32H48N6O9. The monoisotopic (exact) mass is 660 g/mol. The molecule has 15 nitrogen and oxygen atoms in total. The summed E-state index contributed by atoms with van der Waals surface area (Å²) in [5, 5.41) is 21.2. The molecule has 2 aliphatic carbocycles. The second-order valence-electron chi connectivity index (χ2n) is 12.6. The zero-order chi connectivity index (χ0) is 35.0. The van der Waals surface area contributed by atoms with Crippen LogP contribution >= 0.6 is 0 Å². The number of allylic oxidation sites excluding steroid dienone is 3. The Morgan fingerprint density at radius 2 is 1.87 bits per heavy atom. The van der Waals surface area contributed by atoms with E-state index in [4.69, 9.17) is 31.8 Å². The lowest BCUT2D eigenvalue weighted by Crippen LogP contribution is -2.65. The van der Waals surface area contributed by atoms with Gasteiger partial charge in [-0.15, -0.1) is 0 Å². The van der Waals surface area contributed by atoms with Crippen LogP contribution in [-0.2, 0) is 33.4 Å². The number of carboxylic acid groups (broad SMARTS) is 2. The standard InChI is InChI=1S/C26H34N2O7.C6H14N4O2/c1-17(21(30)28-15-13-27-14-16-28)5-4-9-24(3)20-8-11-25(23(33)35-24)10-6-19(22(31)32)7-12-26(20,25)34-18(2)29;7-4(5(11)12)2-1-3-10-6(8)9/h4-6,9,20,27H,7-8,10-16H2,1-3H3,(H,31,32);4H,1-3,7H2,(H,11,12)(H4,8,9,10)/b9-4+,17-5+;/t20-,24+,25+,26-;4-/m00/s1. The van der Waals surface area contributed by atoms with E-state index in [-0.39, 0.29) is 42.6 Å². The van der Waals surface area contributed by atoms with Gasteiger partial charge in [-0.1, -0.05) is 18.2 Å². The Balaban J connectivity index is 0.000000426. The van der Waals surface area contributed by atoms with Gasteiger partial charge in [-0.2, -0.15) is 0 Å². The molecule has 4 rings (SSSR count). The summed E-state index contributed by atoms with van der Waals surface area (Å²) in [7, 11) is 0. The Morgan fingerprint density at radius 1 is 1.19 bits per heavy atom. The van der Waals surface area contributed by atoms with E-state index in [9.17, 15) is 29.1 Å². The van der Waals surface area contributed by atoms with Crippen molar-refractivity contribution in [2.45, 2.75) is 83.0 Å². The fraction of sp³-hybridized carbons (Fsp3) is 0.625. The molecule has 0 aromatic carbocycles. The molecule has 2 heterocycles. The molecule has 0 aromatic heterocycles. The number of rotatable bonds is 10. The van der Waals surface area contributed by atoms with Gasteiger partial charge in [0.1, 0.15) is 22.7 Å². The number of carbonyl (C=O) groups is 5. The Hall–Kier alpha value is -4.24. The Bertz CT molecular complexity index is 1350. The number of ether oxygens (including phenoxy) is 2. The largest absolute Gasteiger partial charge is 0.480 e. The summed E-state index contributed by atoms with van der Waals surface area (Å²) in [5.74, 6) is -3.36. The van der Waals surface area contributed by atoms with Gasteiger partial charge in [0.15, 0.2) is 5.96 Å². The normalized spacial score (nSPS) is 29.2. The average Bonchev–Trinajstić information content (AvgIpc) is 3.15. The number of hydrogen-bond acceptors (Lipinski definition) is 10. The number of amides is 1. The van der Waals surface area contributed by atoms with Crippen molar-refractivity contribution in [2.24, 2.45) is 33.5 Å². The van der Waals surface area contributed by atoms with E-state index in [0.29, 0.717) is 50.9 Å². The van der Waals surface area contributed by atoms with Crippen LogP contribution in [0.5, 0.6) is 0 Å². The van der Waals surface area contributed by atoms with Crippen molar-refractivity contribution in [3.05, 3.63) is 35.5 Å². The second kappa shape index (κ2) is 15.6. The Kier molecular flexibility index (Phi) is 12.3. The molecule has 2 saturated heterocycles. The second-order valence-corrected chi connectivity index (χ2v) is 12.6. The van der Waals surface area contributed by atoms with Gasteiger partial charge >= 0.3 is 23.9 Å². The predicted octanol–water partition coefficient (Wildman–Crippen LogP) is 0.581. The summed E-state index contributed by atoms with van der Waals surface area (Å²) >= 11 is 0. The first kappa shape index (κ1) is 37.2. The number of piperazine rings is 1. The number of carboxylic acids is 2. The minimum Gasteiger partial charge on any atom is -0.480 e. The average molecular weight is 661 g/mol. The summed E-state index contributed by atoms with van der Waals surface area (Å²) in [5.41, 5.74) is 12.8. The molecule has 1 amide bonds. The molecule has 0 aromatic rings. The number of aliphatic carboxylic acids is 2. The number of cyclic esters (lactones) is 1. The number of esters is 2. The van der Waals surface area contributed by atoms with E-state index >= 15 is 0 Å². The predicted molar refractivity (Wildman–Crippen MR) is 172 cm³/mol. The molecule has 0 spiro atoms. The highest BCUT2D eigenvalue weighted by atomic mass is 16.6. The Morgan fingerprint density at radius 3 is 2.47 bits per heavy atom. The lowest BCUT2D eigenvalue weighted by molar-refractivity contribution is -0.235. The molecule has 2 bridgehead atoms. The maximum atomic E-state index is 13.5. The van der Waals surface area contributed by atoms with E-state index in [1.165, 1.54) is 6.92 Å². The van der Waals surface area contributed by atoms with Crippen molar-refractivity contribution in [3.63, 3.8) is 0 Å². The van der Waals surface area contributed by atoms with Gasteiger partial charge < -0.3 is 47.1 Å². The van der Waals surface area contributed by atoms with Gasteiger partial charge in [-0.3, -0.25) is 24.2 Å². The SMILES string of the molecule is CC(=O)O[C@]12CCC(C(=O)O)=CC[C@]13CC[C@H]2[C@@](C)(/C=C/C=C(\C)C(=O)N1CCNCC1)OC3=O.NC(N)=NCCC[C@H](N)C(=O)O. The van der Waals surface area contributed by atoms with Crippen LogP contribution in [0.3, 0.4) is 0 Å². The van der Waals surface area contributed by atoms with Crippen molar-refractivity contribution in [1.29, 1.82) is 0 Å². The summed E-state index contributed by atoms with van der Waals surface area (Å²) in [4.78, 5) is 65.9. The molecule has 47 heavy (non-hydrogen) atoms. The zero-order valence-corrected chi connectivity index (χ0v) is 27.3. The fourth-order valence-corrected chi connectivity index (χ4v) is 7.09. The van der Waals surface area contributed by atoms with E-state index in [1.807, 2.05) is 0 Å². The molecule has 1 saturated carbocycles. The number of nitrogens with two attached hydrogens (primary N) is 3. The number of nitrogens with one attached hydrogen (secondary N) is 1. The van der Waals surface area contributed by atoms with Gasteiger partial charge in [0.25, 0.3) is 0 Å². The molecule has 15 heteroatoms. The molecule has 0 unspecified atom stereocenters. The third-order valence-corrected chi connectivity index (χ3v) is 9.49. The summed E-state index contributed by atoms with van der Waals surface area (Å²) in [6, 6.07) is -0.820. The molecule has 4 aliphatic rings. The molecule has 260 valence electrons. The topological polar surface area (TPSA) is 250 Å². The van der Waals surface area contributed by atoms with Gasteiger partial charge in [0, 0.05) is 56.7 Å². The highest BCUT2D eigenvalue weighted by Crippen LogP contribution is 2.65. The van der Waals surface area contributed by atoms with Crippen molar-refractivity contribution in [3.8, 4) is 0 Å². The van der Waals surface area contributed by atoms with Gasteiger partial charge in [0.05, 0.1) is 0 Å². The highest BCUT2D eigenvalue weighted by Gasteiger charge is 2.74. The van der Waals surface area contributed by atoms with E-state index in [0.717, 1.165) is 13.1 Å². The first-order valence-corrected chi connectivity index (χ1v) is 15.8. The van der Waals surface area contributed by atoms with Crippen molar-refractivity contribution < 1.29 is 43.7 Å². The number of hydrogen-bond donors (Lipinski definition) is 6. The number of nitrogens with zero attached hydrogens (tertiary/aromatic N) is 2. The van der Waals surface area contributed by atoms with E-state index in [1.54, 1.807) is 43.1 Å². The minimum atomic E-state index is -1.16. The van der Waals surface area contributed by atoms with Crippen LogP contribution < -0.4 is 22.5 Å². The molecule has 9 N–H and O–H groups in total. The van der Waals surface area contributed by atoms with Gasteiger partial charge in [-0.25, -0.2) is 4.79 Å². The van der Waals surface area contributed by atoms with Crippen LogP contribution in [0.4, 0.5) is 0 Å². The lowest BCUT2D eigenvalue weighted by Gasteiger charge is -2.54. The van der Waals surface area contributed by atoms with Crippen LogP contribution in [0.1, 0.15) is 65.7 Å². The first-order chi connectivity index (χ1) is 22.1. The summed E-state index contributed by atoms with van der Waals surface area (Å²) < 4.78 is 12.0. The maximum absolute atomic E-state index is 13.5. The Labute approximate surface area is 274 Å². The number of carbonyl (C=O) groups excluding carboxylic acids is 3. The van der Waals surface area contributed by atoms with Crippen molar-refractivity contribution >= 4 is 35.7 Å². The smallest absolute Gasteiger partial charge is 0.331 e. The van der Waals surface area contributed by atoms with E-state index < -0.39 is 46.5 Å². The van der Waals surface area contributed by atoms with Crippen molar-refractivity contribution in [2.75, 3.05) is 32.7 Å². The first-order valence-electron chi connectivity index (χ1n) is 15.8. The molecule has 0 radical (unpaired) electrons. The maximum Gasteiger partial charge on any atom is 0.331 e. The lowest BCUT2D eigenvalue weighted by atomic mass is 9.62. The summed E-state index contributed by atoms with van der Waals surface area (Å²) in [6.45, 7) is 8.14. The third kappa shape index (κ3) is 8.38. The molecule has 5 atom stereocenters. The quantitative estimate of drug-likeness (QED) is 0.0469. The minimum absolute atomic E-state index is 0.0129. The van der Waals surface area contributed by atoms with Crippen LogP contribution in [0.2, 0.25) is 0 Å². The number of guanidine groups is 1. The highest BCUT2D eigenvalue weighted by molar-refractivity contribution is 5.93. The van der Waals surface area contributed by atoms with Gasteiger partial charge in [-0.05, 0) is 64.9 Å². The molecule has 3 fully saturated rings. The van der Waals surface area contributed by atoms with Gasteiger partial charge in [0.2, 0.25) is 5.91 Å². The van der Waals surface area contributed by atoms with Crippen LogP contribution in [0, 0.1) is 11.3 Å². The van der Waals surface area contributed by atoms with Crippen LogP contribution in [0.15, 0.2) is 40.4 Å². The summed E-state index contributed by atoms with van der Waals surface area (Å²) in [6.07, 6.45) is 9.40. The van der Waals surface area contributed by atoms with Crippen LogP contribution in [-0.4, -0.2) is 101 Å². The third-order valence-electron chi connectivity index (χ3n) is 9.49. The van der Waals surface area contributed by atoms with E-state index in [2.05, 4.69) is 10.3 Å². The fourth-order valence-electron chi connectivity index (χ4n) is 7.09. The van der Waals surface area contributed by atoms with Crippen molar-refractivity contribution in [1.82, 2.24) is 10.2 Å².